The number of hydrogen-bond acceptors (Lipinski definition) is 4. The first-order chi connectivity index (χ1) is 11.7. The Bertz CT molecular complexity index is 893. The zero-order chi connectivity index (χ0) is 16.9. The molecule has 0 N–H and O–H groups in total. The van der Waals surface area contributed by atoms with Gasteiger partial charge in [-0.15, -0.1) is 0 Å². The largest absolute Gasteiger partial charge is 0.497 e. The maximum atomic E-state index is 12.4. The third-order valence-corrected chi connectivity index (χ3v) is 3.67. The second-order valence-electron chi connectivity index (χ2n) is 5.26. The zero-order valence-corrected chi connectivity index (χ0v) is 13.5. The van der Waals surface area contributed by atoms with Crippen molar-refractivity contribution in [2.24, 2.45) is 0 Å². The van der Waals surface area contributed by atoms with E-state index in [1.807, 2.05) is 30.3 Å². The minimum absolute atomic E-state index is 0.125. The lowest BCUT2D eigenvalue weighted by Crippen LogP contribution is -1.97. The van der Waals surface area contributed by atoms with E-state index in [1.54, 1.807) is 44.7 Å². The van der Waals surface area contributed by atoms with Gasteiger partial charge in [-0.05, 0) is 42.0 Å². The third kappa shape index (κ3) is 3.43. The molecule has 0 aliphatic rings. The van der Waals surface area contributed by atoms with Gasteiger partial charge >= 0.3 is 0 Å². The summed E-state index contributed by atoms with van der Waals surface area (Å²) in [6.45, 7) is 0. The van der Waals surface area contributed by atoms with Gasteiger partial charge in [0.1, 0.15) is 11.5 Å². The second kappa shape index (κ2) is 6.96. The number of aromatic nitrogens is 1. The van der Waals surface area contributed by atoms with Crippen molar-refractivity contribution in [1.82, 2.24) is 4.98 Å². The summed E-state index contributed by atoms with van der Waals surface area (Å²) in [6.07, 6.45) is 5.03. The molecule has 0 spiro atoms. The minimum atomic E-state index is -0.125. The van der Waals surface area contributed by atoms with E-state index >= 15 is 0 Å². The number of benzene rings is 2. The number of fused-ring (bicyclic) bond motifs is 1. The highest BCUT2D eigenvalue weighted by Gasteiger charge is 2.07. The zero-order valence-electron chi connectivity index (χ0n) is 13.5. The maximum absolute atomic E-state index is 12.4. The van der Waals surface area contributed by atoms with Gasteiger partial charge in [0.25, 0.3) is 0 Å². The number of carbonyl (C=O) groups is 1. The van der Waals surface area contributed by atoms with Gasteiger partial charge in [-0.1, -0.05) is 18.2 Å². The van der Waals surface area contributed by atoms with Crippen LogP contribution in [0.25, 0.3) is 17.0 Å². The topological polar surface area (TPSA) is 48.4 Å². The number of para-hydroxylation sites is 1. The summed E-state index contributed by atoms with van der Waals surface area (Å²) in [5.74, 6) is 1.04. The van der Waals surface area contributed by atoms with Crippen LogP contribution in [0.3, 0.4) is 0 Å². The molecule has 24 heavy (non-hydrogen) atoms. The molecule has 0 radical (unpaired) electrons. The molecule has 3 aromatic rings. The van der Waals surface area contributed by atoms with Gasteiger partial charge in [-0.3, -0.25) is 9.78 Å². The molecule has 120 valence electrons. The quantitative estimate of drug-likeness (QED) is 0.523. The summed E-state index contributed by atoms with van der Waals surface area (Å²) >= 11 is 0. The van der Waals surface area contributed by atoms with Gasteiger partial charge in [-0.25, -0.2) is 0 Å². The smallest absolute Gasteiger partial charge is 0.186 e. The number of rotatable bonds is 5. The van der Waals surface area contributed by atoms with Gasteiger partial charge in [0.2, 0.25) is 0 Å². The Kier molecular flexibility index (Phi) is 4.57. The van der Waals surface area contributed by atoms with Gasteiger partial charge in [0.15, 0.2) is 5.78 Å². The number of carbonyl (C=O) groups excluding carboxylic acids is 1. The van der Waals surface area contributed by atoms with Crippen LogP contribution >= 0.6 is 0 Å². The Morgan fingerprint density at radius 1 is 1.00 bits per heavy atom. The van der Waals surface area contributed by atoms with Crippen molar-refractivity contribution in [3.05, 3.63) is 71.9 Å². The Morgan fingerprint density at radius 3 is 2.42 bits per heavy atom. The molecule has 0 saturated heterocycles. The van der Waals surface area contributed by atoms with Gasteiger partial charge in [-0.2, -0.15) is 0 Å². The highest BCUT2D eigenvalue weighted by Crippen LogP contribution is 2.23. The molecule has 4 heteroatoms. The standard InChI is InChI=1S/C20H17NO3/c1-23-17-10-16(11-18(12-17)24-2)20(22)8-7-14-9-15-5-3-4-6-19(15)21-13-14/h3-13H,1-2H3/b8-7+. The van der Waals surface area contributed by atoms with Gasteiger partial charge in [0.05, 0.1) is 19.7 Å². The Hall–Kier alpha value is -3.14. The Labute approximate surface area is 140 Å². The van der Waals surface area contributed by atoms with E-state index in [4.69, 9.17) is 9.47 Å². The predicted octanol–water partition coefficient (Wildman–Crippen LogP) is 4.15. The number of allylic oxidation sites excluding steroid dienone is 1. The molecule has 0 amide bonds. The highest BCUT2D eigenvalue weighted by atomic mass is 16.5. The van der Waals surface area contributed by atoms with Gasteiger partial charge < -0.3 is 9.47 Å². The van der Waals surface area contributed by atoms with Crippen LogP contribution in [-0.4, -0.2) is 25.0 Å². The number of hydrogen-bond donors (Lipinski definition) is 0. The van der Waals surface area contributed by atoms with Gasteiger partial charge in [0, 0.05) is 23.2 Å². The normalized spacial score (nSPS) is 10.9. The fraction of sp³-hybridized carbons (Fsp3) is 0.100. The molecule has 0 saturated carbocycles. The first kappa shape index (κ1) is 15.7. The molecule has 0 unspecified atom stereocenters. The number of methoxy groups -OCH3 is 2. The SMILES string of the molecule is COc1cc(OC)cc(C(=O)/C=C/c2cnc3ccccc3c2)c1. The van der Waals surface area contributed by atoms with Crippen molar-refractivity contribution in [2.45, 2.75) is 0 Å². The van der Waals surface area contributed by atoms with Crippen LogP contribution < -0.4 is 9.47 Å². The molecule has 4 nitrogen and oxygen atoms in total. The summed E-state index contributed by atoms with van der Waals surface area (Å²) < 4.78 is 10.4. The van der Waals surface area contributed by atoms with Crippen LogP contribution in [0, 0.1) is 0 Å². The molecule has 0 aliphatic carbocycles. The fourth-order valence-electron chi connectivity index (χ4n) is 2.40. The summed E-state index contributed by atoms with van der Waals surface area (Å²) in [4.78, 5) is 16.8. The van der Waals surface area contributed by atoms with E-state index in [2.05, 4.69) is 4.98 Å². The molecule has 0 bridgehead atoms. The van der Waals surface area contributed by atoms with Crippen molar-refractivity contribution >= 4 is 22.8 Å². The average molecular weight is 319 g/mol. The third-order valence-electron chi connectivity index (χ3n) is 3.67. The van der Waals surface area contributed by atoms with Crippen molar-refractivity contribution in [1.29, 1.82) is 0 Å². The second-order valence-corrected chi connectivity index (χ2v) is 5.26. The molecular weight excluding hydrogens is 302 g/mol. The molecule has 1 heterocycles. The Morgan fingerprint density at radius 2 is 1.71 bits per heavy atom. The number of ketones is 1. The van der Waals surface area contributed by atoms with Crippen molar-refractivity contribution in [3.63, 3.8) is 0 Å². The predicted molar refractivity (Wildman–Crippen MR) is 94.7 cm³/mol. The Balaban J connectivity index is 1.86. The molecular formula is C20H17NO3. The number of nitrogens with zero attached hydrogens (tertiary/aromatic N) is 1. The first-order valence-corrected chi connectivity index (χ1v) is 7.50. The lowest BCUT2D eigenvalue weighted by Gasteiger charge is -2.06. The van der Waals surface area contributed by atoms with E-state index in [0.717, 1.165) is 16.5 Å². The lowest BCUT2D eigenvalue weighted by atomic mass is 10.1. The van der Waals surface area contributed by atoms with E-state index < -0.39 is 0 Å². The average Bonchev–Trinajstić information content (AvgIpc) is 2.65. The maximum Gasteiger partial charge on any atom is 0.186 e. The van der Waals surface area contributed by atoms with Crippen LogP contribution in [0.5, 0.6) is 11.5 Å². The number of ether oxygens (including phenoxy) is 2. The molecule has 0 atom stereocenters. The molecule has 3 rings (SSSR count). The first-order valence-electron chi connectivity index (χ1n) is 7.50. The van der Waals surface area contributed by atoms with E-state index in [1.165, 1.54) is 6.08 Å². The monoisotopic (exact) mass is 319 g/mol. The molecule has 2 aromatic carbocycles. The van der Waals surface area contributed by atoms with Crippen LogP contribution in [0.4, 0.5) is 0 Å². The van der Waals surface area contributed by atoms with Crippen LogP contribution in [-0.2, 0) is 0 Å². The van der Waals surface area contributed by atoms with E-state index in [-0.39, 0.29) is 5.78 Å². The molecule has 0 fully saturated rings. The van der Waals surface area contributed by atoms with Crippen LogP contribution in [0.2, 0.25) is 0 Å². The molecule has 0 aliphatic heterocycles. The number of pyridine rings is 1. The summed E-state index contributed by atoms with van der Waals surface area (Å²) in [6, 6.07) is 15.0. The van der Waals surface area contributed by atoms with Crippen molar-refractivity contribution < 1.29 is 14.3 Å². The van der Waals surface area contributed by atoms with E-state index in [9.17, 15) is 4.79 Å². The molecule has 1 aromatic heterocycles. The summed E-state index contributed by atoms with van der Waals surface area (Å²) in [5.41, 5.74) is 2.31. The van der Waals surface area contributed by atoms with Crippen molar-refractivity contribution in [3.8, 4) is 11.5 Å². The highest BCUT2D eigenvalue weighted by molar-refractivity contribution is 6.07. The van der Waals surface area contributed by atoms with Crippen LogP contribution in [0.1, 0.15) is 15.9 Å². The van der Waals surface area contributed by atoms with Crippen molar-refractivity contribution in [2.75, 3.05) is 14.2 Å². The minimum Gasteiger partial charge on any atom is -0.497 e. The van der Waals surface area contributed by atoms with Crippen LogP contribution in [0.15, 0.2) is 60.8 Å². The van der Waals surface area contributed by atoms with E-state index in [0.29, 0.717) is 17.1 Å². The lowest BCUT2D eigenvalue weighted by molar-refractivity contribution is 0.104. The summed E-state index contributed by atoms with van der Waals surface area (Å²) in [7, 11) is 3.11. The fourth-order valence-corrected chi connectivity index (χ4v) is 2.40. The summed E-state index contributed by atoms with van der Waals surface area (Å²) in [5, 5.41) is 1.04.